The third-order valence-corrected chi connectivity index (χ3v) is 4.87. The third kappa shape index (κ3) is 3.97. The molecule has 2 rings (SSSR count). The molecule has 4 heteroatoms. The van der Waals surface area contributed by atoms with E-state index in [0.29, 0.717) is 19.0 Å². The number of nitrogens with zero attached hydrogens (tertiary/aromatic N) is 2. The van der Waals surface area contributed by atoms with Crippen LogP contribution in [0.5, 0.6) is 0 Å². The minimum absolute atomic E-state index is 0.122. The standard InChI is InChI=1S/C16H28N2O2/c1-13-7-10-17(11-8-13)16(20)9-12-18(14(2)19)15-5-3-4-6-15/h13,15H,3-12H2,1-2H3. The van der Waals surface area contributed by atoms with Crippen molar-refractivity contribution in [2.24, 2.45) is 5.92 Å². The number of carbonyl (C=O) groups excluding carboxylic acids is 2. The van der Waals surface area contributed by atoms with Crippen LogP contribution in [0.15, 0.2) is 0 Å². The first-order valence-electron chi connectivity index (χ1n) is 8.13. The van der Waals surface area contributed by atoms with Crippen molar-refractivity contribution in [1.29, 1.82) is 0 Å². The molecule has 0 spiro atoms. The Bertz CT molecular complexity index is 342. The molecule has 0 radical (unpaired) electrons. The highest BCUT2D eigenvalue weighted by atomic mass is 16.2. The summed E-state index contributed by atoms with van der Waals surface area (Å²) in [6, 6.07) is 0.377. The molecule has 1 heterocycles. The Balaban J connectivity index is 1.79. The van der Waals surface area contributed by atoms with Crippen molar-refractivity contribution in [2.75, 3.05) is 19.6 Å². The van der Waals surface area contributed by atoms with E-state index in [-0.39, 0.29) is 11.8 Å². The van der Waals surface area contributed by atoms with Crippen LogP contribution >= 0.6 is 0 Å². The second-order valence-corrected chi connectivity index (χ2v) is 6.46. The number of piperidine rings is 1. The van der Waals surface area contributed by atoms with Gasteiger partial charge in [-0.25, -0.2) is 0 Å². The Morgan fingerprint density at radius 3 is 2.25 bits per heavy atom. The number of carbonyl (C=O) groups is 2. The zero-order valence-corrected chi connectivity index (χ0v) is 12.9. The Morgan fingerprint density at radius 2 is 1.70 bits per heavy atom. The van der Waals surface area contributed by atoms with Crippen molar-refractivity contribution in [3.8, 4) is 0 Å². The van der Waals surface area contributed by atoms with Crippen LogP contribution in [-0.2, 0) is 9.59 Å². The summed E-state index contributed by atoms with van der Waals surface area (Å²) >= 11 is 0. The van der Waals surface area contributed by atoms with Gasteiger partial charge in [0.2, 0.25) is 11.8 Å². The maximum absolute atomic E-state index is 12.2. The molecule has 1 saturated carbocycles. The predicted molar refractivity (Wildman–Crippen MR) is 79.2 cm³/mol. The van der Waals surface area contributed by atoms with Gasteiger partial charge in [-0.05, 0) is 31.6 Å². The van der Waals surface area contributed by atoms with Crippen LogP contribution < -0.4 is 0 Å². The lowest BCUT2D eigenvalue weighted by Crippen LogP contribution is -2.42. The maximum atomic E-state index is 12.2. The lowest BCUT2D eigenvalue weighted by Gasteiger charge is -2.32. The molecule has 2 amide bonds. The van der Waals surface area contributed by atoms with E-state index in [1.54, 1.807) is 6.92 Å². The molecule has 1 saturated heterocycles. The van der Waals surface area contributed by atoms with Gasteiger partial charge in [0.05, 0.1) is 0 Å². The molecule has 0 aromatic carbocycles. The average molecular weight is 280 g/mol. The Kier molecular flexibility index (Phi) is 5.44. The number of hydrogen-bond acceptors (Lipinski definition) is 2. The van der Waals surface area contributed by atoms with E-state index in [0.717, 1.165) is 44.7 Å². The minimum atomic E-state index is 0.122. The molecule has 1 aliphatic carbocycles. The summed E-state index contributed by atoms with van der Waals surface area (Å²) in [6.45, 7) is 6.27. The number of hydrogen-bond donors (Lipinski definition) is 0. The quantitative estimate of drug-likeness (QED) is 0.793. The van der Waals surface area contributed by atoms with Crippen LogP contribution in [0.3, 0.4) is 0 Å². The molecule has 1 aliphatic heterocycles. The number of amides is 2. The van der Waals surface area contributed by atoms with Crippen LogP contribution in [0.2, 0.25) is 0 Å². The maximum Gasteiger partial charge on any atom is 0.224 e. The molecule has 2 fully saturated rings. The van der Waals surface area contributed by atoms with Gasteiger partial charge in [0, 0.05) is 39.0 Å². The Morgan fingerprint density at radius 1 is 1.10 bits per heavy atom. The molecular weight excluding hydrogens is 252 g/mol. The summed E-state index contributed by atoms with van der Waals surface area (Å²) in [5.41, 5.74) is 0. The lowest BCUT2D eigenvalue weighted by atomic mass is 9.99. The third-order valence-electron chi connectivity index (χ3n) is 4.87. The van der Waals surface area contributed by atoms with Crippen molar-refractivity contribution in [3.05, 3.63) is 0 Å². The molecule has 0 atom stereocenters. The van der Waals surface area contributed by atoms with E-state index >= 15 is 0 Å². The fourth-order valence-electron chi connectivity index (χ4n) is 3.45. The monoisotopic (exact) mass is 280 g/mol. The van der Waals surface area contributed by atoms with Crippen molar-refractivity contribution < 1.29 is 9.59 Å². The van der Waals surface area contributed by atoms with E-state index < -0.39 is 0 Å². The summed E-state index contributed by atoms with van der Waals surface area (Å²) in [7, 11) is 0. The minimum Gasteiger partial charge on any atom is -0.343 e. The zero-order chi connectivity index (χ0) is 14.5. The van der Waals surface area contributed by atoms with Crippen LogP contribution in [0.1, 0.15) is 58.8 Å². The van der Waals surface area contributed by atoms with Gasteiger partial charge < -0.3 is 9.80 Å². The van der Waals surface area contributed by atoms with Crippen LogP contribution in [0.25, 0.3) is 0 Å². The summed E-state index contributed by atoms with van der Waals surface area (Å²) in [6.07, 6.45) is 7.36. The molecule has 4 nitrogen and oxygen atoms in total. The van der Waals surface area contributed by atoms with Gasteiger partial charge >= 0.3 is 0 Å². The number of likely N-dealkylation sites (tertiary alicyclic amines) is 1. The highest BCUT2D eigenvalue weighted by molar-refractivity contribution is 5.78. The van der Waals surface area contributed by atoms with E-state index in [1.165, 1.54) is 12.8 Å². The van der Waals surface area contributed by atoms with E-state index in [9.17, 15) is 9.59 Å². The van der Waals surface area contributed by atoms with Crippen LogP contribution in [0.4, 0.5) is 0 Å². The van der Waals surface area contributed by atoms with E-state index in [2.05, 4.69) is 6.92 Å². The zero-order valence-electron chi connectivity index (χ0n) is 12.9. The second kappa shape index (κ2) is 7.09. The summed E-state index contributed by atoms with van der Waals surface area (Å²) in [4.78, 5) is 27.9. The molecule has 20 heavy (non-hydrogen) atoms. The molecule has 0 aromatic rings. The predicted octanol–water partition coefficient (Wildman–Crippen LogP) is 2.43. The fourth-order valence-corrected chi connectivity index (χ4v) is 3.45. The number of rotatable bonds is 4. The van der Waals surface area contributed by atoms with Gasteiger partial charge in [0.15, 0.2) is 0 Å². The molecular formula is C16H28N2O2. The summed E-state index contributed by atoms with van der Waals surface area (Å²) in [5.74, 6) is 1.09. The van der Waals surface area contributed by atoms with Gasteiger partial charge in [-0.1, -0.05) is 19.8 Å². The molecule has 0 aromatic heterocycles. The molecule has 114 valence electrons. The average Bonchev–Trinajstić information content (AvgIpc) is 2.93. The fraction of sp³-hybridized carbons (Fsp3) is 0.875. The molecule has 0 bridgehead atoms. The molecule has 0 N–H and O–H groups in total. The highest BCUT2D eigenvalue weighted by Gasteiger charge is 2.26. The SMILES string of the molecule is CC(=O)N(CCC(=O)N1CCC(C)CC1)C1CCCC1. The molecule has 0 unspecified atom stereocenters. The van der Waals surface area contributed by atoms with E-state index in [1.807, 2.05) is 9.80 Å². The van der Waals surface area contributed by atoms with E-state index in [4.69, 9.17) is 0 Å². The van der Waals surface area contributed by atoms with Crippen LogP contribution in [-0.4, -0.2) is 47.3 Å². The van der Waals surface area contributed by atoms with Gasteiger partial charge in [-0.2, -0.15) is 0 Å². The van der Waals surface area contributed by atoms with Gasteiger partial charge in [0.1, 0.15) is 0 Å². The summed E-state index contributed by atoms with van der Waals surface area (Å²) in [5, 5.41) is 0. The normalized spacial score (nSPS) is 21.2. The first kappa shape index (κ1) is 15.3. The van der Waals surface area contributed by atoms with Gasteiger partial charge in [-0.15, -0.1) is 0 Å². The first-order valence-corrected chi connectivity index (χ1v) is 8.13. The van der Waals surface area contributed by atoms with Gasteiger partial charge in [-0.3, -0.25) is 9.59 Å². The second-order valence-electron chi connectivity index (χ2n) is 6.46. The van der Waals surface area contributed by atoms with Crippen molar-refractivity contribution in [3.63, 3.8) is 0 Å². The summed E-state index contributed by atoms with van der Waals surface area (Å²) < 4.78 is 0. The van der Waals surface area contributed by atoms with Crippen molar-refractivity contribution in [2.45, 2.75) is 64.8 Å². The Labute approximate surface area is 122 Å². The Hall–Kier alpha value is -1.06. The van der Waals surface area contributed by atoms with Crippen molar-refractivity contribution in [1.82, 2.24) is 9.80 Å². The lowest BCUT2D eigenvalue weighted by molar-refractivity contribution is -0.135. The van der Waals surface area contributed by atoms with Crippen LogP contribution in [0, 0.1) is 5.92 Å². The first-order chi connectivity index (χ1) is 9.58. The largest absolute Gasteiger partial charge is 0.343 e. The molecule has 2 aliphatic rings. The smallest absolute Gasteiger partial charge is 0.224 e. The van der Waals surface area contributed by atoms with Gasteiger partial charge in [0.25, 0.3) is 0 Å². The topological polar surface area (TPSA) is 40.6 Å². The van der Waals surface area contributed by atoms with Crippen molar-refractivity contribution >= 4 is 11.8 Å². The highest BCUT2D eigenvalue weighted by Crippen LogP contribution is 2.24.